The highest BCUT2D eigenvalue weighted by atomic mass is 79.9. The fraction of sp³-hybridized carbons (Fsp3) is 0.278. The van der Waals surface area contributed by atoms with Gasteiger partial charge in [-0.1, -0.05) is 35.9 Å². The maximum absolute atomic E-state index is 12.1. The van der Waals surface area contributed by atoms with Gasteiger partial charge in [0.25, 0.3) is 0 Å². The molecule has 0 saturated carbocycles. The summed E-state index contributed by atoms with van der Waals surface area (Å²) in [5.74, 6) is 1.04. The Hall–Kier alpha value is -1.61. The van der Waals surface area contributed by atoms with Crippen molar-refractivity contribution in [1.29, 1.82) is 0 Å². The van der Waals surface area contributed by atoms with E-state index in [0.29, 0.717) is 12.8 Å². The van der Waals surface area contributed by atoms with Gasteiger partial charge in [-0.25, -0.2) is 0 Å². The number of rotatable bonds is 6. The second-order valence-corrected chi connectivity index (χ2v) is 6.02. The summed E-state index contributed by atoms with van der Waals surface area (Å²) >= 11 is 3.44. The Labute approximate surface area is 134 Å². The van der Waals surface area contributed by atoms with E-state index in [1.165, 1.54) is 11.1 Å². The standard InChI is InChI=1S/C18H19BrO2/c1-13-3-5-14(6-4-13)7-9-16(20)11-15-8-10-18(21-2)17(19)12-15/h3-6,8,10,12H,7,9,11H2,1-2H3. The van der Waals surface area contributed by atoms with Crippen LogP contribution in [-0.2, 0) is 17.6 Å². The minimum Gasteiger partial charge on any atom is -0.496 e. The second kappa shape index (κ2) is 7.41. The van der Waals surface area contributed by atoms with Crippen LogP contribution < -0.4 is 4.74 Å². The molecule has 0 aliphatic rings. The van der Waals surface area contributed by atoms with Crippen LogP contribution in [0, 0.1) is 6.92 Å². The summed E-state index contributed by atoms with van der Waals surface area (Å²) < 4.78 is 6.07. The number of methoxy groups -OCH3 is 1. The topological polar surface area (TPSA) is 26.3 Å². The minimum atomic E-state index is 0.257. The number of halogens is 1. The zero-order valence-corrected chi connectivity index (χ0v) is 13.9. The van der Waals surface area contributed by atoms with E-state index < -0.39 is 0 Å². The Morgan fingerprint density at radius 2 is 1.76 bits per heavy atom. The molecule has 0 aliphatic carbocycles. The van der Waals surface area contributed by atoms with Crippen molar-refractivity contribution in [1.82, 2.24) is 0 Å². The van der Waals surface area contributed by atoms with Gasteiger partial charge < -0.3 is 4.74 Å². The molecule has 0 atom stereocenters. The number of hydrogen-bond acceptors (Lipinski definition) is 2. The number of carbonyl (C=O) groups is 1. The molecule has 0 radical (unpaired) electrons. The first-order chi connectivity index (χ1) is 10.1. The summed E-state index contributed by atoms with van der Waals surface area (Å²) in [6, 6.07) is 14.1. The first-order valence-corrected chi connectivity index (χ1v) is 7.77. The van der Waals surface area contributed by atoms with Crippen molar-refractivity contribution in [2.24, 2.45) is 0 Å². The molecular weight excluding hydrogens is 328 g/mol. The van der Waals surface area contributed by atoms with E-state index in [2.05, 4.69) is 47.1 Å². The smallest absolute Gasteiger partial charge is 0.137 e. The Balaban J connectivity index is 1.89. The number of ketones is 1. The molecule has 0 N–H and O–H groups in total. The fourth-order valence-electron chi connectivity index (χ4n) is 2.17. The second-order valence-electron chi connectivity index (χ2n) is 5.17. The fourth-order valence-corrected chi connectivity index (χ4v) is 2.76. The lowest BCUT2D eigenvalue weighted by molar-refractivity contribution is -0.118. The van der Waals surface area contributed by atoms with Crippen LogP contribution in [0.3, 0.4) is 0 Å². The summed E-state index contributed by atoms with van der Waals surface area (Å²) in [5.41, 5.74) is 3.47. The van der Waals surface area contributed by atoms with Crippen LogP contribution in [0.4, 0.5) is 0 Å². The summed E-state index contributed by atoms with van der Waals surface area (Å²) in [5, 5.41) is 0. The molecule has 0 fully saturated rings. The molecule has 0 heterocycles. The van der Waals surface area contributed by atoms with Crippen molar-refractivity contribution >= 4 is 21.7 Å². The van der Waals surface area contributed by atoms with E-state index in [1.54, 1.807) is 7.11 Å². The van der Waals surface area contributed by atoms with E-state index in [1.807, 2.05) is 18.2 Å². The number of hydrogen-bond donors (Lipinski definition) is 0. The molecule has 0 unspecified atom stereocenters. The highest BCUT2D eigenvalue weighted by Crippen LogP contribution is 2.25. The zero-order valence-electron chi connectivity index (χ0n) is 12.4. The molecule has 0 amide bonds. The van der Waals surface area contributed by atoms with Gasteiger partial charge in [0, 0.05) is 12.8 Å². The van der Waals surface area contributed by atoms with Gasteiger partial charge in [0.15, 0.2) is 0 Å². The van der Waals surface area contributed by atoms with E-state index in [-0.39, 0.29) is 5.78 Å². The molecule has 0 saturated heterocycles. The minimum absolute atomic E-state index is 0.257. The lowest BCUT2D eigenvalue weighted by atomic mass is 10.0. The Morgan fingerprint density at radius 3 is 2.38 bits per heavy atom. The molecule has 0 aromatic heterocycles. The maximum Gasteiger partial charge on any atom is 0.137 e. The van der Waals surface area contributed by atoms with Crippen LogP contribution in [0.15, 0.2) is 46.9 Å². The van der Waals surface area contributed by atoms with E-state index >= 15 is 0 Å². The predicted molar refractivity (Wildman–Crippen MR) is 88.9 cm³/mol. The van der Waals surface area contributed by atoms with E-state index in [9.17, 15) is 4.79 Å². The third kappa shape index (κ3) is 4.71. The average molecular weight is 347 g/mol. The lowest BCUT2D eigenvalue weighted by Gasteiger charge is -2.06. The van der Waals surface area contributed by atoms with Crippen molar-refractivity contribution in [3.63, 3.8) is 0 Å². The third-order valence-corrected chi connectivity index (χ3v) is 4.05. The number of Topliss-reactive ketones (excluding diaryl/α,β-unsaturated/α-hetero) is 1. The number of ether oxygens (including phenoxy) is 1. The molecule has 21 heavy (non-hydrogen) atoms. The van der Waals surface area contributed by atoms with Crippen molar-refractivity contribution in [3.8, 4) is 5.75 Å². The number of benzene rings is 2. The summed E-state index contributed by atoms with van der Waals surface area (Å²) in [7, 11) is 1.63. The molecule has 110 valence electrons. The van der Waals surface area contributed by atoms with Crippen molar-refractivity contribution < 1.29 is 9.53 Å². The van der Waals surface area contributed by atoms with Gasteiger partial charge in [0.2, 0.25) is 0 Å². The highest BCUT2D eigenvalue weighted by Gasteiger charge is 2.07. The predicted octanol–water partition coefficient (Wildman–Crippen LogP) is 4.51. The Kier molecular flexibility index (Phi) is 5.57. The molecule has 0 bridgehead atoms. The van der Waals surface area contributed by atoms with Crippen LogP contribution in [0.25, 0.3) is 0 Å². The Bertz CT molecular complexity index is 618. The van der Waals surface area contributed by atoms with Gasteiger partial charge in [-0.15, -0.1) is 0 Å². The first kappa shape index (κ1) is 15.8. The van der Waals surface area contributed by atoms with Crippen LogP contribution in [0.5, 0.6) is 5.75 Å². The van der Waals surface area contributed by atoms with Crippen LogP contribution >= 0.6 is 15.9 Å². The monoisotopic (exact) mass is 346 g/mol. The van der Waals surface area contributed by atoms with Gasteiger partial charge >= 0.3 is 0 Å². The summed E-state index contributed by atoms with van der Waals surface area (Å²) in [4.78, 5) is 12.1. The van der Waals surface area contributed by atoms with Gasteiger partial charge in [-0.3, -0.25) is 4.79 Å². The summed E-state index contributed by atoms with van der Waals surface area (Å²) in [6.45, 7) is 2.07. The first-order valence-electron chi connectivity index (χ1n) is 6.98. The largest absolute Gasteiger partial charge is 0.496 e. The van der Waals surface area contributed by atoms with Crippen molar-refractivity contribution in [3.05, 3.63) is 63.6 Å². The van der Waals surface area contributed by atoms with Crippen LogP contribution in [0.2, 0.25) is 0 Å². The lowest BCUT2D eigenvalue weighted by Crippen LogP contribution is -2.04. The third-order valence-electron chi connectivity index (χ3n) is 3.43. The zero-order chi connectivity index (χ0) is 15.2. The number of carbonyl (C=O) groups excluding carboxylic acids is 1. The van der Waals surface area contributed by atoms with Gasteiger partial charge in [-0.2, -0.15) is 0 Å². The summed E-state index contributed by atoms with van der Waals surface area (Å²) in [6.07, 6.45) is 1.84. The van der Waals surface area contributed by atoms with Gasteiger partial charge in [0.1, 0.15) is 11.5 Å². The molecular formula is C18H19BrO2. The molecule has 2 aromatic carbocycles. The van der Waals surface area contributed by atoms with Crippen molar-refractivity contribution in [2.45, 2.75) is 26.2 Å². The molecule has 0 aliphatic heterocycles. The normalized spacial score (nSPS) is 10.4. The maximum atomic E-state index is 12.1. The SMILES string of the molecule is COc1ccc(CC(=O)CCc2ccc(C)cc2)cc1Br. The molecule has 2 nitrogen and oxygen atoms in total. The van der Waals surface area contributed by atoms with Gasteiger partial charge in [-0.05, 0) is 52.5 Å². The molecule has 0 spiro atoms. The molecule has 3 heteroatoms. The number of aryl methyl sites for hydroxylation is 2. The quantitative estimate of drug-likeness (QED) is 0.769. The van der Waals surface area contributed by atoms with Crippen LogP contribution in [0.1, 0.15) is 23.1 Å². The Morgan fingerprint density at radius 1 is 1.10 bits per heavy atom. The van der Waals surface area contributed by atoms with Crippen molar-refractivity contribution in [2.75, 3.05) is 7.11 Å². The average Bonchev–Trinajstić information content (AvgIpc) is 2.47. The molecule has 2 aromatic rings. The van der Waals surface area contributed by atoms with E-state index in [4.69, 9.17) is 4.74 Å². The molecule has 2 rings (SSSR count). The van der Waals surface area contributed by atoms with E-state index in [0.717, 1.165) is 22.2 Å². The van der Waals surface area contributed by atoms with Crippen LogP contribution in [-0.4, -0.2) is 12.9 Å². The highest BCUT2D eigenvalue weighted by molar-refractivity contribution is 9.10. The van der Waals surface area contributed by atoms with Gasteiger partial charge in [0.05, 0.1) is 11.6 Å².